The zero-order chi connectivity index (χ0) is 33.9. The number of likely N-dealkylation sites (tertiary alicyclic amines) is 1. The topological polar surface area (TPSA) is 232 Å². The summed E-state index contributed by atoms with van der Waals surface area (Å²) in [4.78, 5) is 49.0. The molecule has 0 aliphatic carbocycles. The summed E-state index contributed by atoms with van der Waals surface area (Å²) in [6.45, 7) is 2.48. The second kappa shape index (κ2) is 16.3. The Hall–Kier alpha value is -5.02. The Morgan fingerprint density at radius 2 is 1.63 bits per heavy atom. The number of aliphatic carboxylic acids is 2. The van der Waals surface area contributed by atoms with E-state index in [4.69, 9.17) is 21.0 Å². The maximum atomic E-state index is 13.4. The van der Waals surface area contributed by atoms with Crippen LogP contribution in [0, 0.1) is 11.3 Å². The smallest absolute Gasteiger partial charge is 0.330 e. The number of sulfonamides is 1. The Bertz CT molecular complexity index is 1660. The van der Waals surface area contributed by atoms with Crippen LogP contribution in [0.4, 0.5) is 0 Å². The van der Waals surface area contributed by atoms with Crippen LogP contribution in [-0.2, 0) is 29.2 Å². The van der Waals surface area contributed by atoms with Gasteiger partial charge in [0, 0.05) is 26.6 Å². The number of carbonyl (C=O) groups is 4. The summed E-state index contributed by atoms with van der Waals surface area (Å²) in [5.41, 5.74) is 5.88. The molecule has 1 fully saturated rings. The van der Waals surface area contributed by atoms with Crippen molar-refractivity contribution in [3.05, 3.63) is 78.4 Å². The summed E-state index contributed by atoms with van der Waals surface area (Å²) >= 11 is 0. The molecule has 0 unspecified atom stereocenters. The van der Waals surface area contributed by atoms with Crippen molar-refractivity contribution < 1.29 is 37.8 Å². The predicted molar refractivity (Wildman–Crippen MR) is 170 cm³/mol. The molecule has 3 aromatic carbocycles. The van der Waals surface area contributed by atoms with Crippen LogP contribution in [0.1, 0.15) is 37.8 Å². The first-order valence-corrected chi connectivity index (χ1v) is 15.9. The Morgan fingerprint density at radius 1 is 1.00 bits per heavy atom. The van der Waals surface area contributed by atoms with Gasteiger partial charge in [-0.25, -0.2) is 13.2 Å². The van der Waals surface area contributed by atoms with Crippen molar-refractivity contribution >= 4 is 50.5 Å². The monoisotopic (exact) mass is 654 g/mol. The zero-order valence-electron chi connectivity index (χ0n) is 25.2. The van der Waals surface area contributed by atoms with Crippen LogP contribution in [0.25, 0.3) is 10.8 Å². The third kappa shape index (κ3) is 10.6. The largest absolute Gasteiger partial charge is 0.481 e. The Kier molecular flexibility index (Phi) is 12.6. The maximum absolute atomic E-state index is 13.4. The third-order valence-corrected chi connectivity index (χ3v) is 8.62. The number of amides is 2. The fraction of sp³-hybridized carbons (Fsp3) is 0.323. The van der Waals surface area contributed by atoms with E-state index in [0.717, 1.165) is 25.2 Å². The first-order chi connectivity index (χ1) is 21.8. The van der Waals surface area contributed by atoms with Gasteiger partial charge in [0.25, 0.3) is 5.97 Å². The molecule has 0 radical (unpaired) electrons. The number of nitrogens with two attached hydrogens (primary N) is 1. The number of fused-ring (bicyclic) bond motifs is 1. The number of hydrogen-bond donors (Lipinski definition) is 7. The molecule has 3 aromatic rings. The number of carboxylic acids is 2. The van der Waals surface area contributed by atoms with Crippen LogP contribution in [0.5, 0.6) is 0 Å². The number of carbonyl (C=O) groups excluding carboxylic acids is 2. The van der Waals surface area contributed by atoms with Crippen molar-refractivity contribution in [3.63, 3.8) is 0 Å². The first-order valence-electron chi connectivity index (χ1n) is 14.4. The number of benzene rings is 3. The van der Waals surface area contributed by atoms with Crippen LogP contribution < -0.4 is 21.1 Å². The first kappa shape index (κ1) is 35.5. The number of piperidine rings is 1. The normalized spacial score (nSPS) is 15.8. The summed E-state index contributed by atoms with van der Waals surface area (Å²) in [6.07, 6.45) is 1.04. The van der Waals surface area contributed by atoms with Gasteiger partial charge in [-0.2, -0.15) is 4.72 Å². The van der Waals surface area contributed by atoms with E-state index >= 15 is 0 Å². The van der Waals surface area contributed by atoms with Crippen LogP contribution in [0.3, 0.4) is 0 Å². The molecule has 15 heteroatoms. The number of hydrogen-bond acceptors (Lipinski definition) is 7. The second-order valence-corrected chi connectivity index (χ2v) is 12.5. The number of carboxylic acid groups (broad SMARTS) is 2. The van der Waals surface area contributed by atoms with Gasteiger partial charge in [-0.3, -0.25) is 19.8 Å². The van der Waals surface area contributed by atoms with Gasteiger partial charge in [0.2, 0.25) is 21.8 Å². The average molecular weight is 655 g/mol. The highest BCUT2D eigenvalue weighted by atomic mass is 32.2. The van der Waals surface area contributed by atoms with Crippen molar-refractivity contribution in [2.75, 3.05) is 19.6 Å². The van der Waals surface area contributed by atoms with E-state index in [2.05, 4.69) is 15.4 Å². The van der Waals surface area contributed by atoms with Crippen molar-refractivity contribution in [2.45, 2.75) is 43.2 Å². The molecule has 1 aliphatic heterocycles. The van der Waals surface area contributed by atoms with Crippen molar-refractivity contribution in [1.29, 1.82) is 5.41 Å². The molecule has 0 bridgehead atoms. The molecule has 1 saturated heterocycles. The van der Waals surface area contributed by atoms with E-state index in [1.165, 1.54) is 24.3 Å². The average Bonchev–Trinajstić information content (AvgIpc) is 3.02. The number of nitrogens with zero attached hydrogens (tertiary/aromatic N) is 1. The molecule has 0 saturated carbocycles. The zero-order valence-corrected chi connectivity index (χ0v) is 26.0. The van der Waals surface area contributed by atoms with Crippen LogP contribution in [-0.4, -0.2) is 78.9 Å². The van der Waals surface area contributed by atoms with Gasteiger partial charge >= 0.3 is 5.97 Å². The summed E-state index contributed by atoms with van der Waals surface area (Å²) in [5.74, 6) is -3.77. The maximum Gasteiger partial charge on any atom is 0.330 e. The van der Waals surface area contributed by atoms with E-state index in [1.54, 1.807) is 41.3 Å². The van der Waals surface area contributed by atoms with Crippen LogP contribution >= 0.6 is 0 Å². The fourth-order valence-corrected chi connectivity index (χ4v) is 6.15. The fourth-order valence-electron chi connectivity index (χ4n) is 4.92. The quantitative estimate of drug-likeness (QED) is 0.117. The van der Waals surface area contributed by atoms with Gasteiger partial charge < -0.3 is 31.5 Å². The van der Waals surface area contributed by atoms with Gasteiger partial charge in [0.1, 0.15) is 6.04 Å². The standard InChI is InChI=1S/C29H34N6O6S.C2H4O2/c30-29(31)35-14-6-7-19(18-35)17-32-25(36)16-24(27(37)33-26(28(38)39)21-9-2-1-3-10-21)34-42(40,41)23-13-12-20-8-4-5-11-22(20)15-23;1-2(3)4/h1-5,8-13,15,19,24,26,34H,6-7,14,16-18H2,(H3,30,31)(H,32,36)(H,33,37)(H,38,39);1H3,(H,3,4)/t19-,24-,26-;/m0./s1. The predicted octanol–water partition coefficient (Wildman–Crippen LogP) is 1.63. The van der Waals surface area contributed by atoms with Crippen molar-refractivity contribution in [2.24, 2.45) is 11.7 Å². The molecule has 2 amide bonds. The molecule has 3 atom stereocenters. The SMILES string of the molecule is CC(=O)O.N=C(N)N1CCC[C@@H](CNC(=O)C[C@H](NS(=O)(=O)c2ccc3ccccc3c2)C(=O)N[C@H](C(=O)O)c2ccccc2)C1. The van der Waals surface area contributed by atoms with Gasteiger partial charge in [0.15, 0.2) is 12.0 Å². The molecule has 0 spiro atoms. The highest BCUT2D eigenvalue weighted by Crippen LogP contribution is 2.20. The van der Waals surface area contributed by atoms with E-state index in [1.807, 2.05) is 12.1 Å². The van der Waals surface area contributed by atoms with Gasteiger partial charge in [-0.1, -0.05) is 60.7 Å². The van der Waals surface area contributed by atoms with Gasteiger partial charge in [-0.05, 0) is 47.2 Å². The highest BCUT2D eigenvalue weighted by molar-refractivity contribution is 7.89. The summed E-state index contributed by atoms with van der Waals surface area (Å²) in [7, 11) is -4.30. The van der Waals surface area contributed by atoms with Gasteiger partial charge in [0.05, 0.1) is 11.3 Å². The van der Waals surface area contributed by atoms with E-state index in [9.17, 15) is 27.9 Å². The van der Waals surface area contributed by atoms with Crippen LogP contribution in [0.15, 0.2) is 77.7 Å². The minimum Gasteiger partial charge on any atom is -0.481 e. The number of rotatable bonds is 11. The lowest BCUT2D eigenvalue weighted by Gasteiger charge is -2.33. The number of nitrogens with one attached hydrogen (secondary N) is 4. The molecule has 14 nitrogen and oxygen atoms in total. The lowest BCUT2D eigenvalue weighted by Crippen LogP contribution is -2.51. The summed E-state index contributed by atoms with van der Waals surface area (Å²) in [5, 5.41) is 31.5. The summed E-state index contributed by atoms with van der Waals surface area (Å²) < 4.78 is 29.1. The Balaban J connectivity index is 0.00000136. The third-order valence-electron chi connectivity index (χ3n) is 7.15. The summed E-state index contributed by atoms with van der Waals surface area (Å²) in [6, 6.07) is 16.6. The van der Waals surface area contributed by atoms with Crippen LogP contribution in [0.2, 0.25) is 0 Å². The molecular formula is C31H38N6O8S. The van der Waals surface area contributed by atoms with E-state index in [0.29, 0.717) is 18.5 Å². The second-order valence-electron chi connectivity index (χ2n) is 10.7. The molecule has 46 heavy (non-hydrogen) atoms. The molecule has 1 aliphatic rings. The van der Waals surface area contributed by atoms with E-state index < -0.39 is 52.3 Å². The highest BCUT2D eigenvalue weighted by Gasteiger charge is 2.32. The van der Waals surface area contributed by atoms with Gasteiger partial charge in [-0.15, -0.1) is 0 Å². The molecule has 0 aromatic heterocycles. The lowest BCUT2D eigenvalue weighted by molar-refractivity contribution is -0.142. The Labute approximate surface area is 266 Å². The van der Waals surface area contributed by atoms with Crippen molar-refractivity contribution in [1.82, 2.24) is 20.3 Å². The van der Waals surface area contributed by atoms with E-state index in [-0.39, 0.29) is 28.9 Å². The molecule has 1 heterocycles. The molecule has 8 N–H and O–H groups in total. The molecule has 4 rings (SSSR count). The number of guanidine groups is 1. The Morgan fingerprint density at radius 3 is 2.26 bits per heavy atom. The lowest BCUT2D eigenvalue weighted by atomic mass is 9.98. The minimum atomic E-state index is -4.30. The van der Waals surface area contributed by atoms with Crippen molar-refractivity contribution in [3.8, 4) is 0 Å². The minimum absolute atomic E-state index is 0.0163. The molecular weight excluding hydrogens is 616 g/mol. The molecule has 246 valence electrons.